The second-order valence-electron chi connectivity index (χ2n) is 8.29. The number of aromatic amines is 1. The molecule has 0 amide bonds. The van der Waals surface area contributed by atoms with Crippen LogP contribution in [0.5, 0.6) is 5.88 Å². The molecule has 1 fully saturated rings. The maximum atomic E-state index is 9.66. The lowest BCUT2D eigenvalue weighted by atomic mass is 10.1. The van der Waals surface area contributed by atoms with E-state index in [4.69, 9.17) is 14.2 Å². The number of H-pyrrole nitrogens is 1. The van der Waals surface area contributed by atoms with Crippen molar-refractivity contribution in [1.82, 2.24) is 30.3 Å². The first-order valence-corrected chi connectivity index (χ1v) is 11.2. The van der Waals surface area contributed by atoms with Crippen LogP contribution in [-0.4, -0.2) is 54.7 Å². The van der Waals surface area contributed by atoms with Crippen molar-refractivity contribution < 1.29 is 14.4 Å². The van der Waals surface area contributed by atoms with Crippen LogP contribution in [0.4, 0.5) is 17.6 Å². The van der Waals surface area contributed by atoms with Crippen LogP contribution in [0.3, 0.4) is 0 Å². The molecule has 4 aromatic heterocycles. The summed E-state index contributed by atoms with van der Waals surface area (Å²) in [5.74, 6) is 2.76. The predicted molar refractivity (Wildman–Crippen MR) is 125 cm³/mol. The largest absolute Gasteiger partial charge is 0.475 e. The molecule has 0 radical (unpaired) electrons. The van der Waals surface area contributed by atoms with Crippen LogP contribution in [0.25, 0.3) is 11.4 Å². The van der Waals surface area contributed by atoms with E-state index < -0.39 is 6.10 Å². The van der Waals surface area contributed by atoms with Crippen LogP contribution >= 0.6 is 0 Å². The van der Waals surface area contributed by atoms with Gasteiger partial charge in [0, 0.05) is 36.6 Å². The van der Waals surface area contributed by atoms with E-state index in [9.17, 15) is 5.11 Å². The fourth-order valence-corrected chi connectivity index (χ4v) is 3.88. The highest BCUT2D eigenvalue weighted by atomic mass is 16.5. The first-order chi connectivity index (χ1) is 16.5. The van der Waals surface area contributed by atoms with E-state index >= 15 is 0 Å². The fraction of sp³-hybridized carbons (Fsp3) is 0.348. The van der Waals surface area contributed by atoms with Gasteiger partial charge >= 0.3 is 0 Å². The molecule has 176 valence electrons. The molecular formula is C23H26N8O3. The highest BCUT2D eigenvalue weighted by molar-refractivity contribution is 5.57. The molecule has 0 saturated carbocycles. The van der Waals surface area contributed by atoms with Gasteiger partial charge in [0.25, 0.3) is 0 Å². The van der Waals surface area contributed by atoms with Crippen molar-refractivity contribution in [2.75, 3.05) is 23.4 Å². The van der Waals surface area contributed by atoms with Crippen molar-refractivity contribution in [3.8, 4) is 17.3 Å². The van der Waals surface area contributed by atoms with E-state index in [-0.39, 0.29) is 12.6 Å². The molecule has 5 rings (SSSR count). The van der Waals surface area contributed by atoms with Crippen LogP contribution < -0.4 is 15.0 Å². The van der Waals surface area contributed by atoms with E-state index in [1.165, 1.54) is 0 Å². The maximum Gasteiger partial charge on any atom is 0.231 e. The van der Waals surface area contributed by atoms with Crippen LogP contribution in [0.1, 0.15) is 37.3 Å². The summed E-state index contributed by atoms with van der Waals surface area (Å²) in [5.41, 5.74) is 2.37. The van der Waals surface area contributed by atoms with Crippen LogP contribution in [0.15, 0.2) is 47.1 Å². The second kappa shape index (κ2) is 9.48. The Morgan fingerprint density at radius 2 is 2.15 bits per heavy atom. The molecule has 1 unspecified atom stereocenters. The number of ether oxygens (including phenoxy) is 1. The van der Waals surface area contributed by atoms with Crippen LogP contribution in [0.2, 0.25) is 0 Å². The van der Waals surface area contributed by atoms with Crippen LogP contribution in [0, 0.1) is 6.92 Å². The molecule has 1 aliphatic heterocycles. The molecule has 2 atom stereocenters. The van der Waals surface area contributed by atoms with Crippen molar-refractivity contribution in [3.05, 3.63) is 54.0 Å². The molecule has 0 aromatic carbocycles. The molecule has 11 nitrogen and oxygen atoms in total. The third kappa shape index (κ3) is 4.84. The summed E-state index contributed by atoms with van der Waals surface area (Å²) in [6.07, 6.45) is 2.93. The van der Waals surface area contributed by atoms with Crippen LogP contribution in [-0.2, 0) is 0 Å². The average molecular weight is 463 g/mol. The summed E-state index contributed by atoms with van der Waals surface area (Å²) in [6, 6.07) is 11.1. The summed E-state index contributed by atoms with van der Waals surface area (Å²) in [5, 5.41) is 24.2. The van der Waals surface area contributed by atoms with Crippen molar-refractivity contribution in [2.45, 2.75) is 38.8 Å². The SMILES string of the molecule is Cc1cc(Nc2cc(OC[C@@H](C)O)nc(N3CCCC3c3cc(-c4ccccn4)no3)n2)n[nH]1. The molecule has 11 heteroatoms. The summed E-state index contributed by atoms with van der Waals surface area (Å²) in [4.78, 5) is 15.8. The Morgan fingerprint density at radius 3 is 2.91 bits per heavy atom. The number of pyridine rings is 1. The zero-order valence-corrected chi connectivity index (χ0v) is 19.0. The Hall–Kier alpha value is -3.99. The first-order valence-electron chi connectivity index (χ1n) is 11.2. The van der Waals surface area contributed by atoms with E-state index in [2.05, 4.69) is 35.5 Å². The van der Waals surface area contributed by atoms with E-state index in [1.54, 1.807) is 19.2 Å². The number of anilines is 3. The summed E-state index contributed by atoms with van der Waals surface area (Å²) in [6.45, 7) is 4.46. The molecule has 0 spiro atoms. The van der Waals surface area contributed by atoms with Gasteiger partial charge in [0.1, 0.15) is 18.1 Å². The number of aryl methyl sites for hydroxylation is 1. The molecule has 0 bridgehead atoms. The number of aliphatic hydroxyl groups excluding tert-OH is 1. The minimum atomic E-state index is -0.623. The lowest BCUT2D eigenvalue weighted by Crippen LogP contribution is -2.25. The van der Waals surface area contributed by atoms with Gasteiger partial charge in [-0.25, -0.2) is 0 Å². The summed E-state index contributed by atoms with van der Waals surface area (Å²) < 4.78 is 11.4. The Bertz CT molecular complexity index is 1240. The molecule has 34 heavy (non-hydrogen) atoms. The molecule has 4 aromatic rings. The molecule has 1 saturated heterocycles. The molecule has 3 N–H and O–H groups in total. The quantitative estimate of drug-likeness (QED) is 0.357. The maximum absolute atomic E-state index is 9.66. The summed E-state index contributed by atoms with van der Waals surface area (Å²) >= 11 is 0. The zero-order valence-electron chi connectivity index (χ0n) is 19.0. The standard InChI is InChI=1S/C23H26N8O3/c1-14-10-21(29-28-14)25-20-12-22(33-13-15(2)32)27-23(26-20)31-9-5-7-18(31)19-11-17(30-34-19)16-6-3-4-8-24-16/h3-4,6,8,10-12,15,18,32H,5,7,9,13H2,1-2H3,(H2,25,26,27,28,29)/t15-,18?/m1/s1. The lowest BCUT2D eigenvalue weighted by Gasteiger charge is -2.23. The minimum absolute atomic E-state index is 0.0718. The third-order valence-electron chi connectivity index (χ3n) is 5.42. The monoisotopic (exact) mass is 462 g/mol. The molecular weight excluding hydrogens is 436 g/mol. The van der Waals surface area contributed by atoms with Crippen molar-refractivity contribution in [3.63, 3.8) is 0 Å². The molecule has 1 aliphatic rings. The smallest absolute Gasteiger partial charge is 0.231 e. The van der Waals surface area contributed by atoms with Gasteiger partial charge < -0.3 is 24.6 Å². The van der Waals surface area contributed by atoms with Crippen molar-refractivity contribution in [1.29, 1.82) is 0 Å². The minimum Gasteiger partial charge on any atom is -0.475 e. The first kappa shape index (κ1) is 21.8. The Labute approximate surface area is 196 Å². The van der Waals surface area contributed by atoms with E-state index in [0.717, 1.165) is 36.5 Å². The van der Waals surface area contributed by atoms with Gasteiger partial charge in [0.05, 0.1) is 17.8 Å². The van der Waals surface area contributed by atoms with Crippen molar-refractivity contribution >= 4 is 17.6 Å². The van der Waals surface area contributed by atoms with Gasteiger partial charge in [-0.3, -0.25) is 10.1 Å². The number of rotatable bonds is 8. The third-order valence-corrected chi connectivity index (χ3v) is 5.42. The average Bonchev–Trinajstić information content (AvgIpc) is 3.59. The Balaban J connectivity index is 1.44. The normalized spacial score (nSPS) is 16.6. The molecule has 0 aliphatic carbocycles. The highest BCUT2D eigenvalue weighted by Gasteiger charge is 2.32. The zero-order chi connectivity index (χ0) is 23.5. The Morgan fingerprint density at radius 1 is 1.24 bits per heavy atom. The van der Waals surface area contributed by atoms with E-state index in [1.807, 2.05) is 37.3 Å². The second-order valence-corrected chi connectivity index (χ2v) is 8.29. The summed E-state index contributed by atoms with van der Waals surface area (Å²) in [7, 11) is 0. The van der Waals surface area contributed by atoms with Gasteiger partial charge in [-0.15, -0.1) is 0 Å². The predicted octanol–water partition coefficient (Wildman–Crippen LogP) is 3.40. The Kier molecular flexibility index (Phi) is 6.09. The number of nitrogens with one attached hydrogen (secondary N) is 2. The number of nitrogens with zero attached hydrogens (tertiary/aromatic N) is 6. The number of aromatic nitrogens is 6. The van der Waals surface area contributed by atoms with Gasteiger partial charge in [-0.1, -0.05) is 11.2 Å². The van der Waals surface area contributed by atoms with Gasteiger partial charge in [0.15, 0.2) is 11.6 Å². The lowest BCUT2D eigenvalue weighted by molar-refractivity contribution is 0.120. The van der Waals surface area contributed by atoms with Gasteiger partial charge in [-0.05, 0) is 38.8 Å². The van der Waals surface area contributed by atoms with E-state index in [0.29, 0.717) is 29.2 Å². The van der Waals surface area contributed by atoms with Gasteiger partial charge in [-0.2, -0.15) is 15.1 Å². The van der Waals surface area contributed by atoms with Gasteiger partial charge in [0.2, 0.25) is 11.8 Å². The topological polar surface area (TPSA) is 138 Å². The number of hydrogen-bond acceptors (Lipinski definition) is 10. The molecule has 5 heterocycles. The fourth-order valence-electron chi connectivity index (χ4n) is 3.88. The van der Waals surface area contributed by atoms with Crippen molar-refractivity contribution in [2.24, 2.45) is 0 Å². The number of hydrogen-bond donors (Lipinski definition) is 3. The number of aliphatic hydroxyl groups is 1. The highest BCUT2D eigenvalue weighted by Crippen LogP contribution is 2.37.